The Bertz CT molecular complexity index is 986. The molecule has 0 aliphatic rings. The van der Waals surface area contributed by atoms with Gasteiger partial charge in [0, 0.05) is 24.7 Å². The number of aromatic nitrogens is 3. The minimum absolute atomic E-state index is 0.259. The topological polar surface area (TPSA) is 77.1 Å². The van der Waals surface area contributed by atoms with E-state index in [9.17, 15) is 14.7 Å². The molecule has 0 saturated carbocycles. The van der Waals surface area contributed by atoms with E-state index in [1.807, 2.05) is 13.8 Å². The highest BCUT2D eigenvalue weighted by Crippen LogP contribution is 2.30. The van der Waals surface area contributed by atoms with Crippen molar-refractivity contribution in [3.63, 3.8) is 0 Å². The second-order valence-electron chi connectivity index (χ2n) is 6.18. The number of nitrogens with zero attached hydrogens (tertiary/aromatic N) is 3. The maximum absolute atomic E-state index is 12.4. The van der Waals surface area contributed by atoms with Crippen molar-refractivity contribution >= 4 is 21.6 Å². The molecule has 0 saturated heterocycles. The fraction of sp³-hybridized carbons (Fsp3) is 0.353. The molecule has 0 aliphatic carbocycles. The number of hydrogen-bond acceptors (Lipinski definition) is 5. The third-order valence-corrected chi connectivity index (χ3v) is 5.03. The average Bonchev–Trinajstić information content (AvgIpc) is 3.02. The quantitative estimate of drug-likeness (QED) is 0.783. The summed E-state index contributed by atoms with van der Waals surface area (Å²) >= 11 is 1.27. The maximum Gasteiger partial charge on any atom is 0.331 e. The van der Waals surface area contributed by atoms with Crippen LogP contribution >= 0.6 is 11.3 Å². The fourth-order valence-corrected chi connectivity index (χ4v) is 3.79. The summed E-state index contributed by atoms with van der Waals surface area (Å²) < 4.78 is 2.73. The first-order valence-electron chi connectivity index (χ1n) is 7.72. The van der Waals surface area contributed by atoms with Crippen LogP contribution in [0.5, 0.6) is 0 Å². The van der Waals surface area contributed by atoms with E-state index in [1.54, 1.807) is 35.0 Å². The van der Waals surface area contributed by atoms with Crippen LogP contribution in [-0.2, 0) is 13.6 Å². The second-order valence-corrected chi connectivity index (χ2v) is 7.24. The number of fused-ring (bicyclic) bond motifs is 1. The van der Waals surface area contributed by atoms with Crippen LogP contribution in [0.15, 0.2) is 40.1 Å². The van der Waals surface area contributed by atoms with Crippen LogP contribution in [0, 0.1) is 5.92 Å². The molecule has 7 heteroatoms. The molecule has 0 amide bonds. The first-order valence-corrected chi connectivity index (χ1v) is 8.54. The zero-order valence-electron chi connectivity index (χ0n) is 13.8. The van der Waals surface area contributed by atoms with Gasteiger partial charge in [0.15, 0.2) is 0 Å². The third-order valence-electron chi connectivity index (χ3n) is 3.81. The van der Waals surface area contributed by atoms with Gasteiger partial charge in [0.2, 0.25) is 0 Å². The molecular weight excluding hydrogens is 326 g/mol. The van der Waals surface area contributed by atoms with Gasteiger partial charge in [0.05, 0.1) is 11.1 Å². The standard InChI is InChI=1S/C17H19N3O3S/c1-10(2)9-20-16-11(15(22)19(3)17(20)23)8-13(24-16)14(21)12-6-4-5-7-18-12/h4-8,10,14,21H,9H2,1-3H3. The van der Waals surface area contributed by atoms with Crippen molar-refractivity contribution < 1.29 is 5.11 Å². The van der Waals surface area contributed by atoms with E-state index < -0.39 is 6.10 Å². The minimum Gasteiger partial charge on any atom is -0.381 e. The van der Waals surface area contributed by atoms with E-state index in [1.165, 1.54) is 18.4 Å². The number of rotatable bonds is 4. The summed E-state index contributed by atoms with van der Waals surface area (Å²) in [6, 6.07) is 6.97. The summed E-state index contributed by atoms with van der Waals surface area (Å²) in [5.74, 6) is 0.259. The van der Waals surface area contributed by atoms with E-state index in [4.69, 9.17) is 0 Å². The van der Waals surface area contributed by atoms with Gasteiger partial charge >= 0.3 is 5.69 Å². The fourth-order valence-electron chi connectivity index (χ4n) is 2.63. The zero-order valence-corrected chi connectivity index (χ0v) is 14.6. The Morgan fingerprint density at radius 1 is 1.29 bits per heavy atom. The van der Waals surface area contributed by atoms with Gasteiger partial charge in [-0.3, -0.25) is 18.9 Å². The molecule has 6 nitrogen and oxygen atoms in total. The third kappa shape index (κ3) is 2.81. The lowest BCUT2D eigenvalue weighted by Crippen LogP contribution is -2.38. The highest BCUT2D eigenvalue weighted by molar-refractivity contribution is 7.18. The number of hydrogen-bond donors (Lipinski definition) is 1. The molecule has 1 atom stereocenters. The van der Waals surface area contributed by atoms with Crippen LogP contribution in [-0.4, -0.2) is 19.2 Å². The van der Waals surface area contributed by atoms with E-state index in [-0.39, 0.29) is 17.2 Å². The number of pyridine rings is 1. The predicted octanol–water partition coefficient (Wildman–Crippen LogP) is 1.89. The highest BCUT2D eigenvalue weighted by atomic mass is 32.1. The Morgan fingerprint density at radius 3 is 2.67 bits per heavy atom. The van der Waals surface area contributed by atoms with Crippen molar-refractivity contribution in [2.45, 2.75) is 26.5 Å². The Balaban J connectivity index is 2.22. The Labute approximate surface area is 142 Å². The number of aliphatic hydroxyl groups excluding tert-OH is 1. The molecule has 3 heterocycles. The minimum atomic E-state index is -0.920. The van der Waals surface area contributed by atoms with E-state index in [0.717, 1.165) is 4.57 Å². The molecule has 0 radical (unpaired) electrons. The highest BCUT2D eigenvalue weighted by Gasteiger charge is 2.20. The van der Waals surface area contributed by atoms with Crippen LogP contribution < -0.4 is 11.2 Å². The monoisotopic (exact) mass is 345 g/mol. The van der Waals surface area contributed by atoms with Crippen LogP contribution in [0.4, 0.5) is 0 Å². The molecule has 3 aromatic heterocycles. The molecule has 0 bridgehead atoms. The molecular formula is C17H19N3O3S. The van der Waals surface area contributed by atoms with E-state index in [2.05, 4.69) is 4.98 Å². The summed E-state index contributed by atoms with van der Waals surface area (Å²) in [5.41, 5.74) is -0.161. The van der Waals surface area contributed by atoms with E-state index >= 15 is 0 Å². The summed E-state index contributed by atoms with van der Waals surface area (Å²) in [5, 5.41) is 11.0. The molecule has 0 fully saturated rings. The van der Waals surface area contributed by atoms with Crippen LogP contribution in [0.1, 0.15) is 30.5 Å². The molecule has 0 aliphatic heterocycles. The lowest BCUT2D eigenvalue weighted by Gasteiger charge is -2.11. The molecule has 126 valence electrons. The maximum atomic E-state index is 12.4. The summed E-state index contributed by atoms with van der Waals surface area (Å²) in [6.07, 6.45) is 0.690. The predicted molar refractivity (Wildman–Crippen MR) is 94.5 cm³/mol. The van der Waals surface area contributed by atoms with Crippen molar-refractivity contribution in [2.24, 2.45) is 13.0 Å². The average molecular weight is 345 g/mol. The van der Waals surface area contributed by atoms with Gasteiger partial charge in [-0.25, -0.2) is 4.79 Å². The lowest BCUT2D eigenvalue weighted by molar-refractivity contribution is 0.219. The number of thiophene rings is 1. The second kappa shape index (κ2) is 6.33. The van der Waals surface area contributed by atoms with Crippen molar-refractivity contribution in [2.75, 3.05) is 0 Å². The summed E-state index contributed by atoms with van der Waals surface area (Å²) in [7, 11) is 1.48. The SMILES string of the molecule is CC(C)Cn1c(=O)n(C)c(=O)c2cc(C(O)c3ccccn3)sc21. The van der Waals surface area contributed by atoms with Gasteiger partial charge in [-0.2, -0.15) is 0 Å². The normalized spacial score (nSPS) is 12.9. The van der Waals surface area contributed by atoms with Gasteiger partial charge in [0.1, 0.15) is 10.9 Å². The summed E-state index contributed by atoms with van der Waals surface area (Å²) in [4.78, 5) is 30.2. The largest absolute Gasteiger partial charge is 0.381 e. The van der Waals surface area contributed by atoms with E-state index in [0.29, 0.717) is 27.3 Å². The van der Waals surface area contributed by atoms with Crippen molar-refractivity contribution in [3.8, 4) is 0 Å². The van der Waals surface area contributed by atoms with Gasteiger partial charge in [-0.15, -0.1) is 11.3 Å². The van der Waals surface area contributed by atoms with Crippen LogP contribution in [0.2, 0.25) is 0 Å². The van der Waals surface area contributed by atoms with Gasteiger partial charge < -0.3 is 5.11 Å². The molecule has 0 aromatic carbocycles. The molecule has 3 aromatic rings. The zero-order chi connectivity index (χ0) is 17.4. The van der Waals surface area contributed by atoms with Crippen LogP contribution in [0.25, 0.3) is 10.2 Å². The molecule has 3 rings (SSSR count). The molecule has 1 N–H and O–H groups in total. The Hall–Kier alpha value is -2.25. The first-order chi connectivity index (χ1) is 11.4. The first kappa shape index (κ1) is 16.6. The Kier molecular flexibility index (Phi) is 4.38. The molecule has 0 spiro atoms. The lowest BCUT2D eigenvalue weighted by atomic mass is 10.2. The smallest absolute Gasteiger partial charge is 0.331 e. The van der Waals surface area contributed by atoms with Gasteiger partial charge in [0.25, 0.3) is 5.56 Å². The van der Waals surface area contributed by atoms with Gasteiger partial charge in [-0.05, 0) is 24.1 Å². The van der Waals surface area contributed by atoms with Gasteiger partial charge in [-0.1, -0.05) is 19.9 Å². The van der Waals surface area contributed by atoms with Crippen LogP contribution in [0.3, 0.4) is 0 Å². The molecule has 24 heavy (non-hydrogen) atoms. The number of aliphatic hydroxyl groups is 1. The molecule has 1 unspecified atom stereocenters. The summed E-state index contributed by atoms with van der Waals surface area (Å²) in [6.45, 7) is 4.55. The Morgan fingerprint density at radius 2 is 2.04 bits per heavy atom. The van der Waals surface area contributed by atoms with Crippen molar-refractivity contribution in [3.05, 3.63) is 61.9 Å². The van der Waals surface area contributed by atoms with Crippen molar-refractivity contribution in [1.29, 1.82) is 0 Å². The van der Waals surface area contributed by atoms with Crippen molar-refractivity contribution in [1.82, 2.24) is 14.1 Å².